The number of nitrogens with two attached hydrogens (primary N) is 2. The van der Waals surface area contributed by atoms with Crippen LogP contribution in [0.1, 0.15) is 13.3 Å². The van der Waals surface area contributed by atoms with E-state index in [4.69, 9.17) is 11.5 Å². The van der Waals surface area contributed by atoms with E-state index in [1.807, 2.05) is 48.5 Å². The predicted octanol–water partition coefficient (Wildman–Crippen LogP) is 3.40. The molecule has 2 aromatic rings. The molecule has 0 radical (unpaired) electrons. The number of hydrogen-bond donors (Lipinski definition) is 2. The summed E-state index contributed by atoms with van der Waals surface area (Å²) >= 11 is 0. The molecule has 18 heavy (non-hydrogen) atoms. The van der Waals surface area contributed by atoms with Gasteiger partial charge >= 0.3 is 0 Å². The summed E-state index contributed by atoms with van der Waals surface area (Å²) in [4.78, 5) is 2.26. The Morgan fingerprint density at radius 3 is 1.50 bits per heavy atom. The predicted molar refractivity (Wildman–Crippen MR) is 79.0 cm³/mol. The molecule has 0 unspecified atom stereocenters. The number of nitrogen functional groups attached to an aromatic ring is 2. The van der Waals surface area contributed by atoms with Gasteiger partial charge in [0, 0.05) is 29.3 Å². The highest BCUT2D eigenvalue weighted by molar-refractivity contribution is 5.66. The van der Waals surface area contributed by atoms with Crippen molar-refractivity contribution in [2.75, 3.05) is 22.9 Å². The molecule has 0 saturated carbocycles. The van der Waals surface area contributed by atoms with E-state index in [1.165, 1.54) is 0 Å². The van der Waals surface area contributed by atoms with Crippen molar-refractivity contribution in [3.8, 4) is 0 Å². The number of nitrogens with zero attached hydrogens (tertiary/aromatic N) is 1. The molecule has 0 atom stereocenters. The molecule has 0 aliphatic carbocycles. The number of anilines is 4. The van der Waals surface area contributed by atoms with Crippen LogP contribution in [0.2, 0.25) is 0 Å². The van der Waals surface area contributed by atoms with Gasteiger partial charge < -0.3 is 16.4 Å². The zero-order valence-electron chi connectivity index (χ0n) is 10.6. The van der Waals surface area contributed by atoms with Crippen LogP contribution in [0.3, 0.4) is 0 Å². The molecular weight excluding hydrogens is 222 g/mol. The minimum Gasteiger partial charge on any atom is -0.399 e. The van der Waals surface area contributed by atoms with Crippen LogP contribution in [0.15, 0.2) is 48.5 Å². The van der Waals surface area contributed by atoms with Crippen LogP contribution in [0.4, 0.5) is 22.7 Å². The maximum Gasteiger partial charge on any atom is 0.0412 e. The van der Waals surface area contributed by atoms with E-state index < -0.39 is 0 Å². The average Bonchev–Trinajstić information content (AvgIpc) is 2.39. The second-order valence-electron chi connectivity index (χ2n) is 4.33. The third-order valence-corrected chi connectivity index (χ3v) is 2.86. The Morgan fingerprint density at radius 2 is 1.17 bits per heavy atom. The SMILES string of the molecule is CCCN(c1ccc(N)cc1)c1ccc(N)cc1. The minimum atomic E-state index is 0.785. The van der Waals surface area contributed by atoms with Crippen LogP contribution in [-0.2, 0) is 0 Å². The fraction of sp³-hybridized carbons (Fsp3) is 0.200. The Balaban J connectivity index is 2.33. The summed E-state index contributed by atoms with van der Waals surface area (Å²) in [5, 5.41) is 0. The number of rotatable bonds is 4. The summed E-state index contributed by atoms with van der Waals surface area (Å²) in [6.45, 7) is 3.13. The minimum absolute atomic E-state index is 0.785. The van der Waals surface area contributed by atoms with Crippen molar-refractivity contribution in [2.45, 2.75) is 13.3 Å². The number of hydrogen-bond acceptors (Lipinski definition) is 3. The molecule has 0 aliphatic heterocycles. The Labute approximate surface area is 108 Å². The highest BCUT2D eigenvalue weighted by Crippen LogP contribution is 2.26. The van der Waals surface area contributed by atoms with Crippen molar-refractivity contribution in [1.29, 1.82) is 0 Å². The molecule has 0 saturated heterocycles. The molecule has 0 aliphatic rings. The van der Waals surface area contributed by atoms with Gasteiger partial charge in [-0.05, 0) is 55.0 Å². The Kier molecular flexibility index (Phi) is 3.72. The molecule has 2 aromatic carbocycles. The second-order valence-corrected chi connectivity index (χ2v) is 4.33. The summed E-state index contributed by atoms with van der Waals surface area (Å²) in [6.07, 6.45) is 1.08. The molecule has 94 valence electrons. The first-order valence-corrected chi connectivity index (χ1v) is 6.19. The molecule has 0 spiro atoms. The molecule has 0 bridgehead atoms. The summed E-state index contributed by atoms with van der Waals surface area (Å²) in [7, 11) is 0. The average molecular weight is 241 g/mol. The lowest BCUT2D eigenvalue weighted by Gasteiger charge is -2.24. The quantitative estimate of drug-likeness (QED) is 0.807. The first kappa shape index (κ1) is 12.3. The highest BCUT2D eigenvalue weighted by Gasteiger charge is 2.07. The summed E-state index contributed by atoms with van der Waals surface area (Å²) < 4.78 is 0. The van der Waals surface area contributed by atoms with E-state index in [2.05, 4.69) is 11.8 Å². The van der Waals surface area contributed by atoms with Crippen molar-refractivity contribution in [1.82, 2.24) is 0 Å². The standard InChI is InChI=1S/C15H19N3/c1-2-11-18(14-7-3-12(16)4-8-14)15-9-5-13(17)6-10-15/h3-10H,2,11,16-17H2,1H3. The van der Waals surface area contributed by atoms with Crippen molar-refractivity contribution < 1.29 is 0 Å². The van der Waals surface area contributed by atoms with Gasteiger partial charge in [-0.2, -0.15) is 0 Å². The molecule has 2 rings (SSSR count). The molecule has 0 amide bonds. The van der Waals surface area contributed by atoms with Crippen LogP contribution >= 0.6 is 0 Å². The van der Waals surface area contributed by atoms with Crippen LogP contribution in [0.5, 0.6) is 0 Å². The summed E-state index contributed by atoms with van der Waals surface area (Å²) in [5.41, 5.74) is 15.3. The van der Waals surface area contributed by atoms with E-state index in [0.29, 0.717) is 0 Å². The van der Waals surface area contributed by atoms with Gasteiger partial charge in [0.05, 0.1) is 0 Å². The maximum absolute atomic E-state index is 5.72. The van der Waals surface area contributed by atoms with Gasteiger partial charge in [-0.15, -0.1) is 0 Å². The molecular formula is C15H19N3. The van der Waals surface area contributed by atoms with Gasteiger partial charge in [-0.25, -0.2) is 0 Å². The third kappa shape index (κ3) is 2.74. The second kappa shape index (κ2) is 5.45. The van der Waals surface area contributed by atoms with Crippen LogP contribution in [0.25, 0.3) is 0 Å². The fourth-order valence-corrected chi connectivity index (χ4v) is 1.94. The first-order valence-electron chi connectivity index (χ1n) is 6.19. The Morgan fingerprint density at radius 1 is 0.778 bits per heavy atom. The van der Waals surface area contributed by atoms with E-state index in [9.17, 15) is 0 Å². The Bertz CT molecular complexity index is 443. The summed E-state index contributed by atoms with van der Waals surface area (Å²) in [6, 6.07) is 15.9. The van der Waals surface area contributed by atoms with Crippen molar-refractivity contribution in [3.63, 3.8) is 0 Å². The molecule has 3 heteroatoms. The lowest BCUT2D eigenvalue weighted by Crippen LogP contribution is -2.17. The zero-order chi connectivity index (χ0) is 13.0. The van der Waals surface area contributed by atoms with E-state index in [-0.39, 0.29) is 0 Å². The molecule has 0 fully saturated rings. The van der Waals surface area contributed by atoms with Crippen molar-refractivity contribution in [3.05, 3.63) is 48.5 Å². The smallest absolute Gasteiger partial charge is 0.0412 e. The van der Waals surface area contributed by atoms with Gasteiger partial charge in [-0.3, -0.25) is 0 Å². The topological polar surface area (TPSA) is 55.3 Å². The maximum atomic E-state index is 5.72. The fourth-order valence-electron chi connectivity index (χ4n) is 1.94. The van der Waals surface area contributed by atoms with Crippen molar-refractivity contribution in [2.24, 2.45) is 0 Å². The van der Waals surface area contributed by atoms with Gasteiger partial charge in [-0.1, -0.05) is 6.92 Å². The highest BCUT2D eigenvalue weighted by atomic mass is 15.1. The lowest BCUT2D eigenvalue weighted by molar-refractivity contribution is 0.886. The van der Waals surface area contributed by atoms with Gasteiger partial charge in [0.2, 0.25) is 0 Å². The van der Waals surface area contributed by atoms with E-state index in [0.717, 1.165) is 35.7 Å². The van der Waals surface area contributed by atoms with Crippen LogP contribution in [0, 0.1) is 0 Å². The normalized spacial score (nSPS) is 10.3. The van der Waals surface area contributed by atoms with E-state index in [1.54, 1.807) is 0 Å². The molecule has 4 N–H and O–H groups in total. The van der Waals surface area contributed by atoms with Crippen LogP contribution < -0.4 is 16.4 Å². The largest absolute Gasteiger partial charge is 0.399 e. The first-order chi connectivity index (χ1) is 8.70. The lowest BCUT2D eigenvalue weighted by atomic mass is 10.2. The van der Waals surface area contributed by atoms with Gasteiger partial charge in [0.15, 0.2) is 0 Å². The summed E-state index contributed by atoms with van der Waals surface area (Å²) in [5.74, 6) is 0. The van der Waals surface area contributed by atoms with Crippen LogP contribution in [-0.4, -0.2) is 6.54 Å². The van der Waals surface area contributed by atoms with Gasteiger partial charge in [0.1, 0.15) is 0 Å². The number of benzene rings is 2. The molecule has 0 aromatic heterocycles. The van der Waals surface area contributed by atoms with Gasteiger partial charge in [0.25, 0.3) is 0 Å². The molecule has 3 nitrogen and oxygen atoms in total. The van der Waals surface area contributed by atoms with Crippen molar-refractivity contribution >= 4 is 22.7 Å². The zero-order valence-corrected chi connectivity index (χ0v) is 10.6. The molecule has 0 heterocycles. The monoisotopic (exact) mass is 241 g/mol. The Hall–Kier alpha value is -2.16. The van der Waals surface area contributed by atoms with E-state index >= 15 is 0 Å². The third-order valence-electron chi connectivity index (χ3n) is 2.86.